The molecule has 0 radical (unpaired) electrons. The van der Waals surface area contributed by atoms with Gasteiger partial charge in [0.25, 0.3) is 0 Å². The van der Waals surface area contributed by atoms with E-state index >= 15 is 0 Å². The third kappa shape index (κ3) is 4.48. The summed E-state index contributed by atoms with van der Waals surface area (Å²) in [6.07, 6.45) is 1.71. The summed E-state index contributed by atoms with van der Waals surface area (Å²) < 4.78 is 12.3. The zero-order valence-electron chi connectivity index (χ0n) is 14.8. The first-order valence-electron chi connectivity index (χ1n) is 8.73. The topological polar surface area (TPSA) is 47.9 Å². The van der Waals surface area contributed by atoms with Crippen molar-refractivity contribution in [2.24, 2.45) is 4.99 Å². The number of hydrogen-bond donors (Lipinski definition) is 0. The number of benzene rings is 3. The number of aliphatic imine (C=N–C) groups is 1. The summed E-state index contributed by atoms with van der Waals surface area (Å²) in [7, 11) is 0. The summed E-state index contributed by atoms with van der Waals surface area (Å²) in [5.41, 5.74) is 2.97. The van der Waals surface area contributed by atoms with E-state index in [-0.39, 0.29) is 5.70 Å². The molecule has 0 aliphatic carbocycles. The van der Waals surface area contributed by atoms with Crippen LogP contribution in [0.4, 0.5) is 0 Å². The normalized spacial score (nSPS) is 14.7. The Morgan fingerprint density at radius 3 is 2.54 bits per heavy atom. The molecule has 0 N–H and O–H groups in total. The van der Waals surface area contributed by atoms with Crippen LogP contribution >= 0.6 is 22.6 Å². The van der Waals surface area contributed by atoms with E-state index in [0.717, 1.165) is 26.0 Å². The van der Waals surface area contributed by atoms with Crippen LogP contribution in [-0.4, -0.2) is 11.9 Å². The van der Waals surface area contributed by atoms with E-state index in [1.807, 2.05) is 78.9 Å². The minimum Gasteiger partial charge on any atom is -0.489 e. The monoisotopic (exact) mass is 481 g/mol. The Morgan fingerprint density at radius 1 is 0.964 bits per heavy atom. The van der Waals surface area contributed by atoms with Gasteiger partial charge in [-0.15, -0.1) is 0 Å². The van der Waals surface area contributed by atoms with Crippen LogP contribution in [-0.2, 0) is 16.1 Å². The average Bonchev–Trinajstić information content (AvgIpc) is 3.08. The predicted molar refractivity (Wildman–Crippen MR) is 117 cm³/mol. The Hall–Kier alpha value is -2.93. The molecule has 0 saturated heterocycles. The lowest BCUT2D eigenvalue weighted by atomic mass is 10.2. The standard InChI is InChI=1S/C23H16INO3/c24-19-11-9-18(10-12-19)22-25-21(23(26)28-22)14-17-7-4-8-20(13-17)27-15-16-5-2-1-3-6-16/h1-14H,15H2. The van der Waals surface area contributed by atoms with Gasteiger partial charge in [0.05, 0.1) is 0 Å². The van der Waals surface area contributed by atoms with Gasteiger partial charge in [0.15, 0.2) is 5.70 Å². The number of ether oxygens (including phenoxy) is 2. The van der Waals surface area contributed by atoms with Crippen LogP contribution in [0.1, 0.15) is 16.7 Å². The number of hydrogen-bond acceptors (Lipinski definition) is 4. The summed E-state index contributed by atoms with van der Waals surface area (Å²) in [6, 6.07) is 25.2. The number of rotatable bonds is 5. The van der Waals surface area contributed by atoms with Gasteiger partial charge in [-0.05, 0) is 76.2 Å². The van der Waals surface area contributed by atoms with Crippen molar-refractivity contribution in [3.8, 4) is 5.75 Å². The van der Waals surface area contributed by atoms with Crippen molar-refractivity contribution in [3.63, 3.8) is 0 Å². The predicted octanol–water partition coefficient (Wildman–Crippen LogP) is 5.21. The third-order valence-electron chi connectivity index (χ3n) is 4.12. The van der Waals surface area contributed by atoms with Gasteiger partial charge in [0.2, 0.25) is 5.90 Å². The van der Waals surface area contributed by atoms with Crippen molar-refractivity contribution in [2.45, 2.75) is 6.61 Å². The van der Waals surface area contributed by atoms with Crippen LogP contribution in [0.25, 0.3) is 6.08 Å². The van der Waals surface area contributed by atoms with Gasteiger partial charge >= 0.3 is 5.97 Å². The quantitative estimate of drug-likeness (QED) is 0.286. The fraction of sp³-hybridized carbons (Fsp3) is 0.0435. The molecule has 3 aromatic carbocycles. The molecule has 0 amide bonds. The van der Waals surface area contributed by atoms with Crippen molar-refractivity contribution in [1.29, 1.82) is 0 Å². The summed E-state index contributed by atoms with van der Waals surface area (Å²) in [6.45, 7) is 0.484. The van der Waals surface area contributed by atoms with Gasteiger partial charge in [-0.1, -0.05) is 42.5 Å². The molecule has 0 atom stereocenters. The molecule has 4 rings (SSSR count). The zero-order valence-corrected chi connectivity index (χ0v) is 17.0. The van der Waals surface area contributed by atoms with E-state index in [1.165, 1.54) is 0 Å². The van der Waals surface area contributed by atoms with Crippen LogP contribution in [0.15, 0.2) is 89.6 Å². The molecule has 0 saturated carbocycles. The molecule has 1 aliphatic heterocycles. The minimum atomic E-state index is -0.454. The zero-order chi connectivity index (χ0) is 19.3. The Labute approximate surface area is 176 Å². The highest BCUT2D eigenvalue weighted by Crippen LogP contribution is 2.22. The Morgan fingerprint density at radius 2 is 1.75 bits per heavy atom. The molecule has 5 heteroatoms. The smallest absolute Gasteiger partial charge is 0.363 e. The fourth-order valence-corrected chi connectivity index (χ4v) is 3.08. The van der Waals surface area contributed by atoms with Gasteiger partial charge in [-0.2, -0.15) is 0 Å². The van der Waals surface area contributed by atoms with E-state index in [4.69, 9.17) is 9.47 Å². The number of nitrogens with zero attached hydrogens (tertiary/aromatic N) is 1. The van der Waals surface area contributed by atoms with Crippen molar-refractivity contribution >= 4 is 40.5 Å². The number of halogens is 1. The highest BCUT2D eigenvalue weighted by Gasteiger charge is 2.24. The largest absolute Gasteiger partial charge is 0.489 e. The molecule has 0 bridgehead atoms. The average molecular weight is 481 g/mol. The minimum absolute atomic E-state index is 0.272. The molecular weight excluding hydrogens is 465 g/mol. The van der Waals surface area contributed by atoms with Gasteiger partial charge in [-0.25, -0.2) is 9.79 Å². The molecule has 28 heavy (non-hydrogen) atoms. The summed E-state index contributed by atoms with van der Waals surface area (Å²) in [5, 5.41) is 0. The second-order valence-electron chi connectivity index (χ2n) is 6.19. The van der Waals surface area contributed by atoms with Crippen molar-refractivity contribution < 1.29 is 14.3 Å². The van der Waals surface area contributed by atoms with E-state index < -0.39 is 5.97 Å². The van der Waals surface area contributed by atoms with Crippen LogP contribution in [0.3, 0.4) is 0 Å². The van der Waals surface area contributed by atoms with Crippen molar-refractivity contribution in [1.82, 2.24) is 0 Å². The fourth-order valence-electron chi connectivity index (χ4n) is 2.72. The Balaban J connectivity index is 1.51. The molecule has 0 fully saturated rings. The first-order chi connectivity index (χ1) is 13.7. The first-order valence-corrected chi connectivity index (χ1v) is 9.80. The molecule has 0 aromatic heterocycles. The maximum absolute atomic E-state index is 12.2. The van der Waals surface area contributed by atoms with E-state index in [0.29, 0.717) is 12.5 Å². The second kappa shape index (κ2) is 8.39. The molecule has 138 valence electrons. The number of carbonyl (C=O) groups is 1. The van der Waals surface area contributed by atoms with Gasteiger partial charge in [-0.3, -0.25) is 0 Å². The summed E-state index contributed by atoms with van der Waals surface area (Å²) in [4.78, 5) is 16.5. The van der Waals surface area contributed by atoms with Crippen molar-refractivity contribution in [3.05, 3.63) is 105 Å². The maximum Gasteiger partial charge on any atom is 0.363 e. The number of esters is 1. The van der Waals surface area contributed by atoms with Gasteiger partial charge < -0.3 is 9.47 Å². The molecule has 0 unspecified atom stereocenters. The van der Waals surface area contributed by atoms with E-state index in [2.05, 4.69) is 27.6 Å². The molecular formula is C23H16INO3. The molecule has 3 aromatic rings. The number of carbonyl (C=O) groups excluding carboxylic acids is 1. The maximum atomic E-state index is 12.2. The highest BCUT2D eigenvalue weighted by molar-refractivity contribution is 14.1. The SMILES string of the molecule is O=C1OC(c2ccc(I)cc2)=NC1=Cc1cccc(OCc2ccccc2)c1. The van der Waals surface area contributed by atoms with Crippen LogP contribution in [0.2, 0.25) is 0 Å². The molecule has 1 heterocycles. The summed E-state index contributed by atoms with van der Waals surface area (Å²) >= 11 is 2.23. The Bertz CT molecular complexity index is 1060. The van der Waals surface area contributed by atoms with Crippen LogP contribution in [0.5, 0.6) is 5.75 Å². The molecule has 0 spiro atoms. The molecule has 4 nitrogen and oxygen atoms in total. The third-order valence-corrected chi connectivity index (χ3v) is 4.84. The lowest BCUT2D eigenvalue weighted by molar-refractivity contribution is -0.129. The number of cyclic esters (lactones) is 1. The van der Waals surface area contributed by atoms with Gasteiger partial charge in [0.1, 0.15) is 12.4 Å². The lowest BCUT2D eigenvalue weighted by Gasteiger charge is -2.07. The summed E-state index contributed by atoms with van der Waals surface area (Å²) in [5.74, 6) is 0.597. The van der Waals surface area contributed by atoms with Crippen LogP contribution in [0, 0.1) is 3.57 Å². The second-order valence-corrected chi connectivity index (χ2v) is 7.44. The van der Waals surface area contributed by atoms with E-state index in [1.54, 1.807) is 6.08 Å². The van der Waals surface area contributed by atoms with Crippen molar-refractivity contribution in [2.75, 3.05) is 0 Å². The Kier molecular flexibility index (Phi) is 5.53. The van der Waals surface area contributed by atoms with Gasteiger partial charge in [0, 0.05) is 9.13 Å². The lowest BCUT2D eigenvalue weighted by Crippen LogP contribution is -2.05. The molecule has 1 aliphatic rings. The van der Waals surface area contributed by atoms with E-state index in [9.17, 15) is 4.79 Å². The first kappa shape index (κ1) is 18.4. The highest BCUT2D eigenvalue weighted by atomic mass is 127. The van der Waals surface area contributed by atoms with Crippen LogP contribution < -0.4 is 4.74 Å².